The van der Waals surface area contributed by atoms with Gasteiger partial charge in [0.1, 0.15) is 0 Å². The summed E-state index contributed by atoms with van der Waals surface area (Å²) in [5, 5.41) is 5.34. The molecule has 1 aromatic rings. The fourth-order valence-electron chi connectivity index (χ4n) is 2.71. The van der Waals surface area contributed by atoms with E-state index in [0.717, 1.165) is 48.5 Å². The lowest BCUT2D eigenvalue weighted by Crippen LogP contribution is -2.29. The minimum Gasteiger partial charge on any atom is -0.272 e. The molecular formula is C14H13F3N2O. The Bertz CT molecular complexity index is 580. The van der Waals surface area contributed by atoms with E-state index in [1.54, 1.807) is 0 Å². The van der Waals surface area contributed by atoms with Crippen LogP contribution in [0, 0.1) is 5.92 Å². The van der Waals surface area contributed by atoms with Crippen LogP contribution in [0.5, 0.6) is 0 Å². The number of hydrazone groups is 1. The Morgan fingerprint density at radius 1 is 1.25 bits per heavy atom. The van der Waals surface area contributed by atoms with Gasteiger partial charge >= 0.3 is 6.18 Å². The fourth-order valence-corrected chi connectivity index (χ4v) is 2.71. The molecular weight excluding hydrogens is 269 g/mol. The zero-order valence-electron chi connectivity index (χ0n) is 10.7. The average molecular weight is 282 g/mol. The molecule has 1 amide bonds. The summed E-state index contributed by atoms with van der Waals surface area (Å²) in [6.45, 7) is 0. The number of halogens is 3. The maximum absolute atomic E-state index is 12.7. The summed E-state index contributed by atoms with van der Waals surface area (Å²) in [4.78, 5) is 12.2. The maximum Gasteiger partial charge on any atom is 0.416 e. The van der Waals surface area contributed by atoms with Crippen molar-refractivity contribution in [2.45, 2.75) is 31.9 Å². The van der Waals surface area contributed by atoms with E-state index in [1.165, 1.54) is 12.1 Å². The molecule has 2 aliphatic rings. The molecule has 1 saturated carbocycles. The number of amides is 1. The minimum absolute atomic E-state index is 0.187. The molecule has 1 atom stereocenters. The van der Waals surface area contributed by atoms with Crippen molar-refractivity contribution in [3.63, 3.8) is 0 Å². The normalized spacial score (nSPS) is 22.8. The number of fused-ring (bicyclic) bond motifs is 1. The molecule has 3 nitrogen and oxygen atoms in total. The van der Waals surface area contributed by atoms with Crippen molar-refractivity contribution in [1.82, 2.24) is 0 Å². The number of benzene rings is 1. The first-order valence-corrected chi connectivity index (χ1v) is 6.55. The highest BCUT2D eigenvalue weighted by Crippen LogP contribution is 2.35. The van der Waals surface area contributed by atoms with Crippen molar-refractivity contribution in [2.24, 2.45) is 11.0 Å². The Kier molecular flexibility index (Phi) is 3.03. The van der Waals surface area contributed by atoms with Gasteiger partial charge in [-0.3, -0.25) is 4.79 Å². The third kappa shape index (κ3) is 2.19. The standard InChI is InChI=1S/C14H13F3N2O/c15-14(16,17)9-4-3-5-10(8-9)19-13(20)11-6-1-2-7-12(11)18-19/h3-5,8,11H,1-2,6-7H2. The summed E-state index contributed by atoms with van der Waals surface area (Å²) in [5.74, 6) is -0.447. The van der Waals surface area contributed by atoms with Crippen LogP contribution in [0.15, 0.2) is 29.4 Å². The van der Waals surface area contributed by atoms with Crippen LogP contribution in [0.25, 0.3) is 0 Å². The molecule has 3 rings (SSSR count). The minimum atomic E-state index is -4.42. The van der Waals surface area contributed by atoms with E-state index >= 15 is 0 Å². The first-order chi connectivity index (χ1) is 9.47. The van der Waals surface area contributed by atoms with E-state index in [0.29, 0.717) is 0 Å². The summed E-state index contributed by atoms with van der Waals surface area (Å²) >= 11 is 0. The molecule has 106 valence electrons. The SMILES string of the molecule is O=C1C2CCCCC2=NN1c1cccc(C(F)(F)F)c1. The van der Waals surface area contributed by atoms with Gasteiger partial charge in [0, 0.05) is 0 Å². The highest BCUT2D eigenvalue weighted by molar-refractivity contribution is 6.15. The maximum atomic E-state index is 12.7. The summed E-state index contributed by atoms with van der Waals surface area (Å²) in [5.41, 5.74) is 0.225. The van der Waals surface area contributed by atoms with Crippen molar-refractivity contribution in [3.8, 4) is 0 Å². The summed E-state index contributed by atoms with van der Waals surface area (Å²) < 4.78 is 38.1. The van der Waals surface area contributed by atoms with Gasteiger partial charge in [0.05, 0.1) is 22.9 Å². The highest BCUT2D eigenvalue weighted by atomic mass is 19.4. The van der Waals surface area contributed by atoms with Crippen molar-refractivity contribution >= 4 is 17.3 Å². The Morgan fingerprint density at radius 2 is 2.05 bits per heavy atom. The zero-order valence-corrected chi connectivity index (χ0v) is 10.7. The highest BCUT2D eigenvalue weighted by Gasteiger charge is 2.38. The quantitative estimate of drug-likeness (QED) is 0.774. The van der Waals surface area contributed by atoms with Gasteiger partial charge in [-0.15, -0.1) is 0 Å². The monoisotopic (exact) mass is 282 g/mol. The third-order valence-electron chi connectivity index (χ3n) is 3.73. The summed E-state index contributed by atoms with van der Waals surface area (Å²) in [7, 11) is 0. The predicted molar refractivity (Wildman–Crippen MR) is 68.3 cm³/mol. The smallest absolute Gasteiger partial charge is 0.272 e. The summed E-state index contributed by atoms with van der Waals surface area (Å²) in [6.07, 6.45) is -0.970. The second kappa shape index (κ2) is 4.61. The molecule has 0 spiro atoms. The van der Waals surface area contributed by atoms with E-state index in [-0.39, 0.29) is 17.5 Å². The van der Waals surface area contributed by atoms with Crippen LogP contribution in [0.2, 0.25) is 0 Å². The number of hydrogen-bond donors (Lipinski definition) is 0. The zero-order chi connectivity index (χ0) is 14.3. The Morgan fingerprint density at radius 3 is 2.75 bits per heavy atom. The fraction of sp³-hybridized carbons (Fsp3) is 0.429. The van der Waals surface area contributed by atoms with Crippen LogP contribution in [0.4, 0.5) is 18.9 Å². The van der Waals surface area contributed by atoms with E-state index < -0.39 is 11.7 Å². The van der Waals surface area contributed by atoms with Crippen LogP contribution in [0.3, 0.4) is 0 Å². The first kappa shape index (κ1) is 13.1. The Labute approximate surface area is 114 Å². The number of carbonyl (C=O) groups excluding carboxylic acids is 1. The van der Waals surface area contributed by atoms with Gasteiger partial charge in [0.2, 0.25) is 0 Å². The van der Waals surface area contributed by atoms with Crippen LogP contribution in [-0.4, -0.2) is 11.6 Å². The largest absolute Gasteiger partial charge is 0.416 e. The molecule has 0 radical (unpaired) electrons. The first-order valence-electron chi connectivity index (χ1n) is 6.55. The van der Waals surface area contributed by atoms with E-state index in [2.05, 4.69) is 5.10 Å². The van der Waals surface area contributed by atoms with E-state index in [4.69, 9.17) is 0 Å². The predicted octanol–water partition coefficient (Wildman–Crippen LogP) is 3.60. The molecule has 0 aromatic heterocycles. The molecule has 0 saturated heterocycles. The number of hydrogen-bond acceptors (Lipinski definition) is 2. The lowest BCUT2D eigenvalue weighted by molar-refractivity contribution is -0.137. The second-order valence-corrected chi connectivity index (χ2v) is 5.09. The molecule has 1 aliphatic carbocycles. The van der Waals surface area contributed by atoms with Gasteiger partial charge in [-0.25, -0.2) is 5.01 Å². The van der Waals surface area contributed by atoms with Gasteiger partial charge < -0.3 is 0 Å². The lowest BCUT2D eigenvalue weighted by atomic mass is 9.87. The molecule has 1 fully saturated rings. The van der Waals surface area contributed by atoms with Crippen molar-refractivity contribution in [1.29, 1.82) is 0 Å². The van der Waals surface area contributed by atoms with Crippen LogP contribution in [-0.2, 0) is 11.0 Å². The van der Waals surface area contributed by atoms with E-state index in [9.17, 15) is 18.0 Å². The van der Waals surface area contributed by atoms with Gasteiger partial charge in [0.15, 0.2) is 0 Å². The molecule has 6 heteroatoms. The summed E-state index contributed by atoms with van der Waals surface area (Å²) in [6, 6.07) is 4.74. The van der Waals surface area contributed by atoms with Gasteiger partial charge in [-0.1, -0.05) is 12.5 Å². The number of rotatable bonds is 1. The van der Waals surface area contributed by atoms with Crippen molar-refractivity contribution in [3.05, 3.63) is 29.8 Å². The van der Waals surface area contributed by atoms with Crippen LogP contribution >= 0.6 is 0 Å². The molecule has 1 heterocycles. The number of carbonyl (C=O) groups is 1. The van der Waals surface area contributed by atoms with Crippen molar-refractivity contribution in [2.75, 3.05) is 5.01 Å². The van der Waals surface area contributed by atoms with Gasteiger partial charge in [-0.2, -0.15) is 18.3 Å². The van der Waals surface area contributed by atoms with E-state index in [1.807, 2.05) is 0 Å². The average Bonchev–Trinajstić information content (AvgIpc) is 2.76. The molecule has 1 unspecified atom stereocenters. The Hall–Kier alpha value is -1.85. The van der Waals surface area contributed by atoms with Crippen LogP contribution < -0.4 is 5.01 Å². The topological polar surface area (TPSA) is 32.7 Å². The molecule has 0 bridgehead atoms. The van der Waals surface area contributed by atoms with Gasteiger partial charge in [-0.05, 0) is 37.5 Å². The van der Waals surface area contributed by atoms with Gasteiger partial charge in [0.25, 0.3) is 5.91 Å². The Balaban J connectivity index is 1.94. The third-order valence-corrected chi connectivity index (χ3v) is 3.73. The number of anilines is 1. The lowest BCUT2D eigenvalue weighted by Gasteiger charge is -2.17. The van der Waals surface area contributed by atoms with Crippen LogP contribution in [0.1, 0.15) is 31.2 Å². The molecule has 20 heavy (non-hydrogen) atoms. The second-order valence-electron chi connectivity index (χ2n) is 5.09. The molecule has 0 N–H and O–H groups in total. The number of nitrogens with zero attached hydrogens (tertiary/aromatic N) is 2. The molecule has 1 aliphatic heterocycles. The molecule has 1 aromatic carbocycles. The number of alkyl halides is 3. The van der Waals surface area contributed by atoms with Crippen molar-refractivity contribution < 1.29 is 18.0 Å².